The van der Waals surface area contributed by atoms with Crippen molar-refractivity contribution in [2.45, 2.75) is 23.3 Å². The van der Waals surface area contributed by atoms with E-state index in [0.29, 0.717) is 47.3 Å². The van der Waals surface area contributed by atoms with E-state index in [-0.39, 0.29) is 40.2 Å². The number of nitrogens with one attached hydrogen (secondary N) is 1. The SMILES string of the molecule is C=Cc1cc(-c2cccc(S(C)(=O)=O)c2)c(Cl)cc1C1=C(O)C2(CCCN(CC(=O)Nc3ccccc3)C2)OC1=O. The van der Waals surface area contributed by atoms with Gasteiger partial charge in [0.25, 0.3) is 0 Å². The molecule has 3 aromatic carbocycles. The van der Waals surface area contributed by atoms with Crippen LogP contribution in [0.5, 0.6) is 0 Å². The van der Waals surface area contributed by atoms with E-state index >= 15 is 0 Å². The third-order valence-corrected chi connectivity index (χ3v) is 8.74. The molecule has 1 saturated heterocycles. The van der Waals surface area contributed by atoms with Crippen molar-refractivity contribution in [1.82, 2.24) is 4.90 Å². The minimum Gasteiger partial charge on any atom is -0.507 e. The Morgan fingerprint density at radius 2 is 1.90 bits per heavy atom. The van der Waals surface area contributed by atoms with Crippen LogP contribution in [0.15, 0.2) is 84.0 Å². The summed E-state index contributed by atoms with van der Waals surface area (Å²) in [6, 6.07) is 18.8. The number of carbonyl (C=O) groups excluding carboxylic acids is 2. The van der Waals surface area contributed by atoms with Gasteiger partial charge in [0.1, 0.15) is 5.57 Å². The van der Waals surface area contributed by atoms with E-state index in [0.717, 1.165) is 6.26 Å². The largest absolute Gasteiger partial charge is 0.507 e. The molecule has 2 aliphatic rings. The second-order valence-electron chi connectivity index (χ2n) is 10.3. The van der Waals surface area contributed by atoms with Crippen LogP contribution in [-0.2, 0) is 24.2 Å². The summed E-state index contributed by atoms with van der Waals surface area (Å²) in [4.78, 5) is 27.9. The zero-order valence-electron chi connectivity index (χ0n) is 22.4. The van der Waals surface area contributed by atoms with Gasteiger partial charge in [0.05, 0.1) is 11.4 Å². The number of aliphatic hydroxyl groups excluding tert-OH is 1. The van der Waals surface area contributed by atoms with Crippen molar-refractivity contribution in [1.29, 1.82) is 0 Å². The molecule has 2 N–H and O–H groups in total. The van der Waals surface area contributed by atoms with Crippen LogP contribution >= 0.6 is 11.6 Å². The molecule has 0 aliphatic carbocycles. The summed E-state index contributed by atoms with van der Waals surface area (Å²) in [5, 5.41) is 14.6. The first-order valence-electron chi connectivity index (χ1n) is 13.0. The Kier molecular flexibility index (Phi) is 7.78. The Labute approximate surface area is 243 Å². The highest BCUT2D eigenvalue weighted by molar-refractivity contribution is 7.90. The predicted molar refractivity (Wildman–Crippen MR) is 159 cm³/mol. The number of para-hydroxylation sites is 1. The second-order valence-corrected chi connectivity index (χ2v) is 12.7. The standard InChI is InChI=1S/C31H29ClN2O6S/c1-3-20-16-24(21-9-7-12-23(15-21)41(2,38)39)26(32)17-25(20)28-29(36)31(40-30(28)37)13-8-14-34(19-31)18-27(35)33-22-10-5-4-6-11-22/h3-7,9-12,15-17,36H,1,8,13-14,18-19H2,2H3,(H,33,35). The number of piperidine rings is 1. The minimum atomic E-state index is -3.44. The molecule has 1 fully saturated rings. The highest BCUT2D eigenvalue weighted by Crippen LogP contribution is 2.44. The average Bonchev–Trinajstić information content (AvgIpc) is 3.16. The predicted octanol–water partition coefficient (Wildman–Crippen LogP) is 5.35. The number of benzene rings is 3. The Morgan fingerprint density at radius 3 is 2.61 bits per heavy atom. The lowest BCUT2D eigenvalue weighted by Crippen LogP contribution is -2.51. The monoisotopic (exact) mass is 592 g/mol. The summed E-state index contributed by atoms with van der Waals surface area (Å²) in [5.74, 6) is -1.11. The molecule has 2 aliphatic heterocycles. The van der Waals surface area contributed by atoms with E-state index in [2.05, 4.69) is 11.9 Å². The van der Waals surface area contributed by atoms with Crippen molar-refractivity contribution >= 4 is 50.7 Å². The molecule has 1 atom stereocenters. The fraction of sp³-hybridized carbons (Fsp3) is 0.226. The Bertz CT molecular complexity index is 1690. The molecule has 0 aromatic heterocycles. The molecule has 41 heavy (non-hydrogen) atoms. The van der Waals surface area contributed by atoms with Gasteiger partial charge in [0.15, 0.2) is 21.2 Å². The van der Waals surface area contributed by atoms with E-state index in [4.69, 9.17) is 16.3 Å². The molecule has 10 heteroatoms. The number of ether oxygens (including phenoxy) is 1. The van der Waals surface area contributed by atoms with Crippen molar-refractivity contribution in [3.8, 4) is 11.1 Å². The Balaban J connectivity index is 1.45. The van der Waals surface area contributed by atoms with Crippen LogP contribution in [0.2, 0.25) is 5.02 Å². The quantitative estimate of drug-likeness (QED) is 0.355. The fourth-order valence-electron chi connectivity index (χ4n) is 5.37. The number of hydrogen-bond acceptors (Lipinski definition) is 7. The van der Waals surface area contributed by atoms with Crippen molar-refractivity contribution in [2.24, 2.45) is 0 Å². The number of halogens is 1. The van der Waals surface area contributed by atoms with Crippen molar-refractivity contribution in [3.63, 3.8) is 0 Å². The molecular formula is C31H29ClN2O6S. The number of anilines is 1. The van der Waals surface area contributed by atoms with E-state index in [1.807, 2.05) is 23.1 Å². The molecule has 1 spiro atoms. The van der Waals surface area contributed by atoms with Crippen molar-refractivity contribution in [2.75, 3.05) is 31.2 Å². The van der Waals surface area contributed by atoms with Crippen LogP contribution in [0.4, 0.5) is 5.69 Å². The van der Waals surface area contributed by atoms with Gasteiger partial charge in [-0.05, 0) is 66.9 Å². The lowest BCUT2D eigenvalue weighted by molar-refractivity contribution is -0.151. The van der Waals surface area contributed by atoms with E-state index in [9.17, 15) is 23.1 Å². The fourth-order valence-corrected chi connectivity index (χ4v) is 6.31. The molecular weight excluding hydrogens is 564 g/mol. The number of nitrogens with zero attached hydrogens (tertiary/aromatic N) is 1. The molecule has 212 valence electrons. The van der Waals surface area contributed by atoms with Crippen LogP contribution < -0.4 is 5.32 Å². The summed E-state index contributed by atoms with van der Waals surface area (Å²) >= 11 is 6.66. The lowest BCUT2D eigenvalue weighted by Gasteiger charge is -2.38. The summed E-state index contributed by atoms with van der Waals surface area (Å²) in [5.41, 5.74) is 1.38. The maximum atomic E-state index is 13.2. The molecule has 0 radical (unpaired) electrons. The Hall–Kier alpha value is -3.92. The molecule has 3 aromatic rings. The summed E-state index contributed by atoms with van der Waals surface area (Å²) < 4.78 is 30.0. The summed E-state index contributed by atoms with van der Waals surface area (Å²) in [6.45, 7) is 4.70. The maximum Gasteiger partial charge on any atom is 0.343 e. The zero-order chi connectivity index (χ0) is 29.4. The second kappa shape index (κ2) is 11.2. The first-order valence-corrected chi connectivity index (χ1v) is 15.3. The van der Waals surface area contributed by atoms with Gasteiger partial charge >= 0.3 is 5.97 Å². The molecule has 0 saturated carbocycles. The van der Waals surface area contributed by atoms with Gasteiger partial charge in [-0.2, -0.15) is 0 Å². The van der Waals surface area contributed by atoms with Crippen LogP contribution in [-0.4, -0.2) is 61.8 Å². The van der Waals surface area contributed by atoms with E-state index in [1.165, 1.54) is 18.2 Å². The minimum absolute atomic E-state index is 0.00572. The third kappa shape index (κ3) is 5.79. The molecule has 1 amide bonds. The summed E-state index contributed by atoms with van der Waals surface area (Å²) in [7, 11) is -3.44. The third-order valence-electron chi connectivity index (χ3n) is 7.32. The number of esters is 1. The molecule has 5 rings (SSSR count). The topological polar surface area (TPSA) is 113 Å². The van der Waals surface area contributed by atoms with Crippen LogP contribution in [0.3, 0.4) is 0 Å². The maximum absolute atomic E-state index is 13.2. The van der Waals surface area contributed by atoms with Crippen LogP contribution in [0, 0.1) is 0 Å². The van der Waals surface area contributed by atoms with Gasteiger partial charge in [0, 0.05) is 34.6 Å². The van der Waals surface area contributed by atoms with Crippen LogP contribution in [0.1, 0.15) is 24.0 Å². The smallest absolute Gasteiger partial charge is 0.343 e. The van der Waals surface area contributed by atoms with Gasteiger partial charge in [-0.25, -0.2) is 13.2 Å². The van der Waals surface area contributed by atoms with Gasteiger partial charge < -0.3 is 15.2 Å². The highest BCUT2D eigenvalue weighted by atomic mass is 35.5. The van der Waals surface area contributed by atoms with Crippen LogP contribution in [0.25, 0.3) is 22.8 Å². The van der Waals surface area contributed by atoms with Gasteiger partial charge in [-0.3, -0.25) is 9.69 Å². The van der Waals surface area contributed by atoms with Crippen molar-refractivity contribution in [3.05, 3.63) is 95.2 Å². The molecule has 1 unspecified atom stereocenters. The number of likely N-dealkylation sites (tertiary alicyclic amines) is 1. The number of hydrogen-bond donors (Lipinski definition) is 2. The molecule has 0 bridgehead atoms. The number of rotatable bonds is 7. The van der Waals surface area contributed by atoms with E-state index in [1.54, 1.807) is 36.4 Å². The van der Waals surface area contributed by atoms with Crippen molar-refractivity contribution < 1.29 is 27.9 Å². The molecule has 8 nitrogen and oxygen atoms in total. The normalized spacial score (nSPS) is 19.3. The van der Waals surface area contributed by atoms with E-state index < -0.39 is 21.4 Å². The average molecular weight is 593 g/mol. The lowest BCUT2D eigenvalue weighted by atomic mass is 9.87. The first kappa shape index (κ1) is 28.6. The number of sulfone groups is 1. The molecule has 2 heterocycles. The number of amides is 1. The van der Waals surface area contributed by atoms with Gasteiger partial charge in [-0.15, -0.1) is 0 Å². The summed E-state index contributed by atoms with van der Waals surface area (Å²) in [6.07, 6.45) is 3.67. The number of aliphatic hydroxyl groups is 1. The van der Waals surface area contributed by atoms with Gasteiger partial charge in [0.2, 0.25) is 5.91 Å². The van der Waals surface area contributed by atoms with Gasteiger partial charge in [-0.1, -0.05) is 54.6 Å². The zero-order valence-corrected chi connectivity index (χ0v) is 24.0. The number of carbonyl (C=O) groups is 2. The highest BCUT2D eigenvalue weighted by Gasteiger charge is 2.51. The first-order chi connectivity index (χ1) is 19.5. The Morgan fingerprint density at radius 1 is 1.15 bits per heavy atom.